The first-order valence-electron chi connectivity index (χ1n) is 10.7. The lowest BCUT2D eigenvalue weighted by Gasteiger charge is -2.29. The van der Waals surface area contributed by atoms with E-state index in [9.17, 15) is 9.18 Å². The molecule has 176 valence electrons. The van der Waals surface area contributed by atoms with Crippen LogP contribution in [0.1, 0.15) is 23.5 Å². The molecule has 8 nitrogen and oxygen atoms in total. The Morgan fingerprint density at radius 2 is 1.91 bits per heavy atom. The number of carbonyl (C=O) groups excluding carboxylic acids is 1. The Morgan fingerprint density at radius 1 is 1.09 bits per heavy atom. The lowest BCUT2D eigenvalue weighted by atomic mass is 9.92. The second kappa shape index (κ2) is 11.1. The Labute approximate surface area is 190 Å². The van der Waals surface area contributed by atoms with Crippen molar-refractivity contribution in [3.63, 3.8) is 0 Å². The van der Waals surface area contributed by atoms with Crippen LogP contribution in [0.15, 0.2) is 54.3 Å². The number of fused-ring (bicyclic) bond motifs is 1. The Balaban J connectivity index is 1.45. The van der Waals surface area contributed by atoms with Gasteiger partial charge >= 0.3 is 0 Å². The maximum absolute atomic E-state index is 13.1. The van der Waals surface area contributed by atoms with E-state index in [0.29, 0.717) is 24.5 Å². The Kier molecular flexibility index (Phi) is 7.77. The van der Waals surface area contributed by atoms with Crippen LogP contribution in [0.5, 0.6) is 11.5 Å². The monoisotopic (exact) mass is 459 g/mol. The summed E-state index contributed by atoms with van der Waals surface area (Å²) in [5.74, 6) is 0.605. The van der Waals surface area contributed by atoms with Gasteiger partial charge in [-0.15, -0.1) is 0 Å². The summed E-state index contributed by atoms with van der Waals surface area (Å²) >= 11 is 0. The van der Waals surface area contributed by atoms with E-state index in [1.54, 1.807) is 18.2 Å². The van der Waals surface area contributed by atoms with Crippen molar-refractivity contribution < 1.29 is 38.0 Å². The van der Waals surface area contributed by atoms with Crippen LogP contribution in [0.3, 0.4) is 0 Å². The van der Waals surface area contributed by atoms with Gasteiger partial charge in [0.25, 0.3) is 5.91 Å². The molecule has 1 amide bonds. The number of aliphatic hydroxyl groups excluding tert-OH is 1. The number of hydrogen-bond donors (Lipinski definition) is 2. The highest BCUT2D eigenvalue weighted by atomic mass is 19.1. The molecule has 2 aromatic carbocycles. The van der Waals surface area contributed by atoms with Gasteiger partial charge in [-0.1, -0.05) is 18.2 Å². The van der Waals surface area contributed by atoms with Gasteiger partial charge in [-0.25, -0.2) is 4.39 Å². The van der Waals surface area contributed by atoms with E-state index in [0.717, 1.165) is 11.1 Å². The Bertz CT molecular complexity index is 979. The quantitative estimate of drug-likeness (QED) is 0.528. The molecule has 0 unspecified atom stereocenters. The number of ether oxygens (including phenoxy) is 5. The van der Waals surface area contributed by atoms with Gasteiger partial charge in [0.05, 0.1) is 26.4 Å². The standard InChI is InChI=1S/C24H26FNO7/c25-19-4-1-16(2-5-19)14-26-24(28)22-12-18(13-23(33-22)30-10-9-29-8-7-27)17-3-6-20-21(11-17)32-15-31-20/h1-6,11-12,18,23,27H,7-10,13-15H2,(H,26,28)/t18-,23+/m1/s1. The fourth-order valence-corrected chi connectivity index (χ4v) is 3.57. The minimum atomic E-state index is -0.658. The molecule has 2 aliphatic heterocycles. The summed E-state index contributed by atoms with van der Waals surface area (Å²) in [7, 11) is 0. The zero-order valence-corrected chi connectivity index (χ0v) is 18.0. The topological polar surface area (TPSA) is 95.5 Å². The van der Waals surface area contributed by atoms with Crippen molar-refractivity contribution in [2.24, 2.45) is 0 Å². The van der Waals surface area contributed by atoms with Gasteiger partial charge in [-0.05, 0) is 41.5 Å². The highest BCUT2D eigenvalue weighted by Crippen LogP contribution is 2.38. The number of carbonyl (C=O) groups is 1. The fourth-order valence-electron chi connectivity index (χ4n) is 3.57. The summed E-state index contributed by atoms with van der Waals surface area (Å²) in [5.41, 5.74) is 1.71. The summed E-state index contributed by atoms with van der Waals surface area (Å²) in [6, 6.07) is 11.6. The van der Waals surface area contributed by atoms with Crippen LogP contribution in [0.25, 0.3) is 0 Å². The second-order valence-electron chi connectivity index (χ2n) is 7.55. The predicted molar refractivity (Wildman–Crippen MR) is 115 cm³/mol. The molecule has 9 heteroatoms. The van der Waals surface area contributed by atoms with Gasteiger partial charge in [0, 0.05) is 18.9 Å². The van der Waals surface area contributed by atoms with E-state index in [2.05, 4.69) is 5.32 Å². The summed E-state index contributed by atoms with van der Waals surface area (Å²) in [4.78, 5) is 12.8. The molecule has 0 spiro atoms. The summed E-state index contributed by atoms with van der Waals surface area (Å²) in [5, 5.41) is 11.6. The largest absolute Gasteiger partial charge is 0.459 e. The van der Waals surface area contributed by atoms with Gasteiger partial charge in [0.2, 0.25) is 13.1 Å². The minimum absolute atomic E-state index is 0.0623. The molecule has 0 aromatic heterocycles. The van der Waals surface area contributed by atoms with Crippen LogP contribution in [-0.2, 0) is 25.5 Å². The van der Waals surface area contributed by atoms with E-state index in [4.69, 9.17) is 28.8 Å². The maximum Gasteiger partial charge on any atom is 0.286 e. The third-order valence-corrected chi connectivity index (χ3v) is 5.24. The molecule has 2 N–H and O–H groups in total. The van der Waals surface area contributed by atoms with Crippen LogP contribution in [0.4, 0.5) is 4.39 Å². The molecule has 0 fully saturated rings. The summed E-state index contributed by atoms with van der Waals surface area (Å²) in [6.45, 7) is 1.13. The molecular formula is C24H26FNO7. The van der Waals surface area contributed by atoms with E-state index in [1.165, 1.54) is 12.1 Å². The predicted octanol–water partition coefficient (Wildman–Crippen LogP) is 2.61. The van der Waals surface area contributed by atoms with Gasteiger partial charge in [0.15, 0.2) is 17.3 Å². The van der Waals surface area contributed by atoms with Gasteiger partial charge in [0.1, 0.15) is 5.82 Å². The third-order valence-electron chi connectivity index (χ3n) is 5.24. The van der Waals surface area contributed by atoms with Crippen molar-refractivity contribution in [3.05, 3.63) is 71.2 Å². The Hall–Kier alpha value is -3.14. The number of allylic oxidation sites excluding steroid dienone is 1. The number of nitrogens with one attached hydrogen (secondary N) is 1. The molecule has 2 aromatic rings. The first-order valence-corrected chi connectivity index (χ1v) is 10.7. The third kappa shape index (κ3) is 6.22. The molecule has 0 saturated heterocycles. The smallest absolute Gasteiger partial charge is 0.286 e. The molecule has 2 atom stereocenters. The highest BCUT2D eigenvalue weighted by Gasteiger charge is 2.29. The first kappa shape index (κ1) is 23.0. The number of halogens is 1. The zero-order chi connectivity index (χ0) is 23.0. The van der Waals surface area contributed by atoms with Crippen LogP contribution >= 0.6 is 0 Å². The second-order valence-corrected chi connectivity index (χ2v) is 7.55. The molecule has 33 heavy (non-hydrogen) atoms. The summed E-state index contributed by atoms with van der Waals surface area (Å²) in [6.07, 6.45) is 1.60. The van der Waals surface area contributed by atoms with E-state index in [-0.39, 0.29) is 50.7 Å². The van der Waals surface area contributed by atoms with Crippen molar-refractivity contribution >= 4 is 5.91 Å². The molecule has 0 radical (unpaired) electrons. The van der Waals surface area contributed by atoms with Crippen LogP contribution in [-0.4, -0.2) is 50.5 Å². The van der Waals surface area contributed by atoms with E-state index in [1.807, 2.05) is 18.2 Å². The van der Waals surface area contributed by atoms with E-state index >= 15 is 0 Å². The summed E-state index contributed by atoms with van der Waals surface area (Å²) < 4.78 is 40.8. The highest BCUT2D eigenvalue weighted by molar-refractivity contribution is 5.91. The van der Waals surface area contributed by atoms with Gasteiger partial charge in [-0.3, -0.25) is 4.79 Å². The number of rotatable bonds is 10. The first-order chi connectivity index (χ1) is 16.1. The van der Waals surface area contributed by atoms with E-state index < -0.39 is 12.2 Å². The van der Waals surface area contributed by atoms with Crippen LogP contribution < -0.4 is 14.8 Å². The van der Waals surface area contributed by atoms with Crippen molar-refractivity contribution in [1.82, 2.24) is 5.32 Å². The number of aliphatic hydroxyl groups is 1. The van der Waals surface area contributed by atoms with Gasteiger partial charge in [-0.2, -0.15) is 0 Å². The zero-order valence-electron chi connectivity index (χ0n) is 18.0. The number of hydrogen-bond acceptors (Lipinski definition) is 7. The Morgan fingerprint density at radius 3 is 2.73 bits per heavy atom. The van der Waals surface area contributed by atoms with Crippen molar-refractivity contribution in [1.29, 1.82) is 0 Å². The van der Waals surface area contributed by atoms with Crippen molar-refractivity contribution in [2.45, 2.75) is 25.2 Å². The SMILES string of the molecule is O=C(NCc1ccc(F)cc1)C1=C[C@@H](c2ccc3c(c2)OCO3)C[C@@H](OCCOCCO)O1. The molecule has 2 aliphatic rings. The van der Waals surface area contributed by atoms with Crippen molar-refractivity contribution in [3.8, 4) is 11.5 Å². The molecule has 0 aliphatic carbocycles. The molecule has 4 rings (SSSR count). The average molecular weight is 459 g/mol. The number of amides is 1. The maximum atomic E-state index is 13.1. The lowest BCUT2D eigenvalue weighted by Crippen LogP contribution is -2.33. The normalized spacial score (nSPS) is 19.0. The molecular weight excluding hydrogens is 433 g/mol. The van der Waals surface area contributed by atoms with Crippen LogP contribution in [0.2, 0.25) is 0 Å². The van der Waals surface area contributed by atoms with Crippen LogP contribution in [0, 0.1) is 5.82 Å². The molecule has 2 heterocycles. The van der Waals surface area contributed by atoms with Gasteiger partial charge < -0.3 is 34.1 Å². The average Bonchev–Trinajstić information content (AvgIpc) is 3.31. The lowest BCUT2D eigenvalue weighted by molar-refractivity contribution is -0.151. The number of benzene rings is 2. The minimum Gasteiger partial charge on any atom is -0.459 e. The molecule has 0 saturated carbocycles. The molecule has 0 bridgehead atoms. The fraction of sp³-hybridized carbons (Fsp3) is 0.375. The van der Waals surface area contributed by atoms with Crippen molar-refractivity contribution in [2.75, 3.05) is 33.2 Å².